The van der Waals surface area contributed by atoms with E-state index >= 15 is 0 Å². The molecule has 2 unspecified atom stereocenters. The third kappa shape index (κ3) is 7.29. The predicted molar refractivity (Wildman–Crippen MR) is 135 cm³/mol. The van der Waals surface area contributed by atoms with Gasteiger partial charge in [-0.05, 0) is 85.9 Å². The fourth-order valence-electron chi connectivity index (χ4n) is 4.38. The minimum atomic E-state index is -0.357. The van der Waals surface area contributed by atoms with Crippen LogP contribution in [-0.4, -0.2) is 37.6 Å². The van der Waals surface area contributed by atoms with Crippen LogP contribution < -0.4 is 14.8 Å². The Labute approximate surface area is 206 Å². The average Bonchev–Trinajstić information content (AvgIpc) is 3.62. The summed E-state index contributed by atoms with van der Waals surface area (Å²) in [7, 11) is 0. The molecule has 2 aliphatic rings. The summed E-state index contributed by atoms with van der Waals surface area (Å²) in [5, 5.41) is 3.82. The van der Waals surface area contributed by atoms with E-state index < -0.39 is 0 Å². The Morgan fingerprint density at radius 3 is 2.85 bits per heavy atom. The van der Waals surface area contributed by atoms with Gasteiger partial charge >= 0.3 is 6.09 Å². The summed E-state index contributed by atoms with van der Waals surface area (Å²) < 4.78 is 14.6. The zero-order valence-electron chi connectivity index (χ0n) is 19.1. The number of amides is 1. The molecule has 1 amide bonds. The Kier molecular flexibility index (Phi) is 8.82. The molecule has 1 fully saturated rings. The first-order chi connectivity index (χ1) is 16.1. The Morgan fingerprint density at radius 2 is 2.06 bits per heavy atom. The van der Waals surface area contributed by atoms with Crippen LogP contribution in [0.1, 0.15) is 48.8 Å². The van der Waals surface area contributed by atoms with Crippen LogP contribution in [0.2, 0.25) is 5.02 Å². The lowest BCUT2D eigenvalue weighted by atomic mass is 9.76. The van der Waals surface area contributed by atoms with Gasteiger partial charge in [-0.25, -0.2) is 4.79 Å². The second-order valence-corrected chi connectivity index (χ2v) is 10.2. The van der Waals surface area contributed by atoms with Gasteiger partial charge in [-0.15, -0.1) is 0 Å². The van der Waals surface area contributed by atoms with E-state index in [0.29, 0.717) is 13.2 Å². The highest BCUT2D eigenvalue weighted by atomic mass is 35.5. The molecule has 0 bridgehead atoms. The number of benzene rings is 2. The van der Waals surface area contributed by atoms with Crippen molar-refractivity contribution >= 4 is 29.6 Å². The maximum atomic E-state index is 12.2. The van der Waals surface area contributed by atoms with Crippen molar-refractivity contribution in [2.45, 2.75) is 51.0 Å². The number of hydrogen-bond acceptors (Lipinski definition) is 5. The van der Waals surface area contributed by atoms with Gasteiger partial charge in [0.2, 0.25) is 0 Å². The molecule has 0 aliphatic heterocycles. The van der Waals surface area contributed by atoms with Gasteiger partial charge in [0.15, 0.2) is 0 Å². The van der Waals surface area contributed by atoms with E-state index in [1.54, 1.807) is 11.9 Å². The molecule has 2 aromatic rings. The summed E-state index contributed by atoms with van der Waals surface area (Å²) in [4.78, 5) is 12.2. The van der Waals surface area contributed by atoms with E-state index in [0.717, 1.165) is 48.1 Å². The fourth-order valence-corrected chi connectivity index (χ4v) is 5.50. The van der Waals surface area contributed by atoms with Crippen molar-refractivity contribution in [2.75, 3.05) is 25.5 Å². The fraction of sp³-hybridized carbons (Fsp3) is 0.500. The standard InChI is InChI=1S/C26H33ClN2O3S/c1-2-31-26(30)29-25-11-9-20-8-10-22(32-13-12-28-33-17-18-6-7-18)16-23(20)24(25)15-19-4-3-5-21(27)14-19/h3-5,8,10,14,16,18,24-25,28H,2,6-7,9,11-13,15,17H2,1H3,(H,29,30). The summed E-state index contributed by atoms with van der Waals surface area (Å²) in [6, 6.07) is 14.3. The predicted octanol–water partition coefficient (Wildman–Crippen LogP) is 5.75. The molecule has 2 N–H and O–H groups in total. The molecule has 2 aromatic carbocycles. The van der Waals surface area contributed by atoms with Crippen molar-refractivity contribution in [1.82, 2.24) is 10.0 Å². The van der Waals surface area contributed by atoms with Gasteiger partial charge in [0.25, 0.3) is 0 Å². The van der Waals surface area contributed by atoms with Gasteiger partial charge in [0.05, 0.1) is 6.61 Å². The molecule has 2 aliphatic carbocycles. The molecule has 4 rings (SSSR count). The number of nitrogens with one attached hydrogen (secondary N) is 2. The Hall–Kier alpha value is -1.89. The summed E-state index contributed by atoms with van der Waals surface area (Å²) in [6.45, 7) is 3.62. The summed E-state index contributed by atoms with van der Waals surface area (Å²) in [5.74, 6) is 3.10. The maximum Gasteiger partial charge on any atom is 0.407 e. The third-order valence-electron chi connectivity index (χ3n) is 6.24. The molecule has 0 aromatic heterocycles. The lowest BCUT2D eigenvalue weighted by Crippen LogP contribution is -2.43. The van der Waals surface area contributed by atoms with Crippen LogP contribution in [0, 0.1) is 5.92 Å². The van der Waals surface area contributed by atoms with E-state index in [1.807, 2.05) is 25.1 Å². The van der Waals surface area contributed by atoms with E-state index in [4.69, 9.17) is 21.1 Å². The number of carbonyl (C=O) groups is 1. The SMILES string of the molecule is CCOC(=O)NC1CCc2ccc(OCCNSCC3CC3)cc2C1Cc1cccc(Cl)c1. The molecular weight excluding hydrogens is 456 g/mol. The second-order valence-electron chi connectivity index (χ2n) is 8.81. The number of alkyl carbamates (subject to hydrolysis) is 1. The van der Waals surface area contributed by atoms with Gasteiger partial charge in [-0.1, -0.05) is 41.7 Å². The minimum absolute atomic E-state index is 0.00808. The van der Waals surface area contributed by atoms with Crippen LogP contribution in [0.4, 0.5) is 4.79 Å². The van der Waals surface area contributed by atoms with E-state index in [-0.39, 0.29) is 18.1 Å². The summed E-state index contributed by atoms with van der Waals surface area (Å²) in [5.41, 5.74) is 3.70. The van der Waals surface area contributed by atoms with E-state index in [9.17, 15) is 4.79 Å². The quantitative estimate of drug-likeness (QED) is 0.311. The molecule has 0 heterocycles. The van der Waals surface area contributed by atoms with Gasteiger partial charge < -0.3 is 14.8 Å². The molecular formula is C26H33ClN2O3S. The molecule has 1 saturated carbocycles. The minimum Gasteiger partial charge on any atom is -0.492 e. The number of hydrogen-bond donors (Lipinski definition) is 2. The normalized spacial score (nSPS) is 19.6. The van der Waals surface area contributed by atoms with Crippen LogP contribution in [0.3, 0.4) is 0 Å². The Morgan fingerprint density at radius 1 is 1.18 bits per heavy atom. The lowest BCUT2D eigenvalue weighted by Gasteiger charge is -2.34. The van der Waals surface area contributed by atoms with Crippen LogP contribution >= 0.6 is 23.5 Å². The molecule has 5 nitrogen and oxygen atoms in total. The third-order valence-corrected chi connectivity index (χ3v) is 7.52. The molecule has 33 heavy (non-hydrogen) atoms. The number of halogens is 1. The van der Waals surface area contributed by atoms with Crippen molar-refractivity contribution < 1.29 is 14.3 Å². The zero-order valence-corrected chi connectivity index (χ0v) is 20.7. The first kappa shape index (κ1) is 24.2. The van der Waals surface area contributed by atoms with Crippen molar-refractivity contribution in [1.29, 1.82) is 0 Å². The maximum absolute atomic E-state index is 12.2. The van der Waals surface area contributed by atoms with Gasteiger partial charge in [0.1, 0.15) is 12.4 Å². The van der Waals surface area contributed by atoms with Crippen molar-refractivity contribution in [3.8, 4) is 5.75 Å². The zero-order chi connectivity index (χ0) is 23.0. The average molecular weight is 489 g/mol. The molecule has 2 atom stereocenters. The van der Waals surface area contributed by atoms with Gasteiger partial charge in [-0.2, -0.15) is 0 Å². The number of aryl methyl sites for hydroxylation is 1. The second kappa shape index (κ2) is 12.0. The van der Waals surface area contributed by atoms with Crippen molar-refractivity contribution in [2.24, 2.45) is 5.92 Å². The monoisotopic (exact) mass is 488 g/mol. The van der Waals surface area contributed by atoms with E-state index in [2.05, 4.69) is 34.3 Å². The van der Waals surface area contributed by atoms with Crippen LogP contribution in [-0.2, 0) is 17.6 Å². The highest BCUT2D eigenvalue weighted by Crippen LogP contribution is 2.37. The topological polar surface area (TPSA) is 59.6 Å². The molecule has 0 saturated heterocycles. The van der Waals surface area contributed by atoms with Crippen LogP contribution in [0.5, 0.6) is 5.75 Å². The molecule has 0 spiro atoms. The number of ether oxygens (including phenoxy) is 2. The Balaban J connectivity index is 1.45. The molecule has 178 valence electrons. The first-order valence-corrected chi connectivity index (χ1v) is 13.3. The Bertz CT molecular complexity index is 938. The highest BCUT2D eigenvalue weighted by Gasteiger charge is 2.31. The van der Waals surface area contributed by atoms with Gasteiger partial charge in [-0.3, -0.25) is 4.72 Å². The van der Waals surface area contributed by atoms with E-state index in [1.165, 1.54) is 29.7 Å². The largest absolute Gasteiger partial charge is 0.492 e. The number of carbonyl (C=O) groups excluding carboxylic acids is 1. The summed E-state index contributed by atoms with van der Waals surface area (Å²) in [6.07, 6.45) is 4.97. The van der Waals surface area contributed by atoms with Crippen LogP contribution in [0.15, 0.2) is 42.5 Å². The van der Waals surface area contributed by atoms with Crippen molar-refractivity contribution in [3.63, 3.8) is 0 Å². The summed E-state index contributed by atoms with van der Waals surface area (Å²) >= 11 is 8.05. The van der Waals surface area contributed by atoms with Crippen molar-refractivity contribution in [3.05, 3.63) is 64.2 Å². The first-order valence-electron chi connectivity index (χ1n) is 11.9. The number of fused-ring (bicyclic) bond motifs is 1. The molecule has 0 radical (unpaired) electrons. The smallest absolute Gasteiger partial charge is 0.407 e. The highest BCUT2D eigenvalue weighted by molar-refractivity contribution is 7.97. The van der Waals surface area contributed by atoms with Crippen LogP contribution in [0.25, 0.3) is 0 Å². The van der Waals surface area contributed by atoms with Gasteiger partial charge in [0, 0.05) is 29.3 Å². The molecule has 7 heteroatoms. The number of rotatable bonds is 11. The lowest BCUT2D eigenvalue weighted by molar-refractivity contribution is 0.144.